The molecule has 0 aliphatic heterocycles. The lowest BCUT2D eigenvalue weighted by atomic mass is 10.1. The van der Waals surface area contributed by atoms with E-state index in [4.69, 9.17) is 9.68 Å². The van der Waals surface area contributed by atoms with Crippen molar-refractivity contribution in [3.63, 3.8) is 0 Å². The van der Waals surface area contributed by atoms with E-state index >= 15 is 0 Å². The minimum Gasteiger partial charge on any atom is -0.440 e. The number of fused-ring (bicyclic) bond motifs is 1. The lowest BCUT2D eigenvalue weighted by Gasteiger charge is -1.98. The summed E-state index contributed by atoms with van der Waals surface area (Å²) < 4.78 is 5.50. The van der Waals surface area contributed by atoms with Crippen LogP contribution in [0.4, 0.5) is 0 Å². The van der Waals surface area contributed by atoms with Crippen LogP contribution in [0.15, 0.2) is 16.6 Å². The molecule has 0 saturated carbocycles. The van der Waals surface area contributed by atoms with Crippen LogP contribution in [0, 0.1) is 11.3 Å². The first-order valence-corrected chi connectivity index (χ1v) is 4.58. The van der Waals surface area contributed by atoms with Crippen molar-refractivity contribution in [1.82, 2.24) is 4.98 Å². The van der Waals surface area contributed by atoms with Crippen LogP contribution in [0.5, 0.6) is 0 Å². The first kappa shape index (κ1) is 8.76. The van der Waals surface area contributed by atoms with Crippen molar-refractivity contribution in [3.8, 4) is 6.07 Å². The Balaban J connectivity index is 2.44. The fourth-order valence-corrected chi connectivity index (χ4v) is 1.43. The van der Waals surface area contributed by atoms with E-state index in [9.17, 15) is 0 Å². The molecule has 0 aromatic carbocycles. The van der Waals surface area contributed by atoms with E-state index in [2.05, 4.69) is 17.1 Å². The average molecular weight is 186 g/mol. The standard InChI is InChI=1S/C11H10N2O/c1-2-8(7-12)11-13-9-5-3-4-6-10(9)14-11/h2-3,5H,4,6H2,1H3/b8-2+. The van der Waals surface area contributed by atoms with Crippen molar-refractivity contribution >= 4 is 11.6 Å². The van der Waals surface area contributed by atoms with E-state index in [0.717, 1.165) is 24.3 Å². The monoisotopic (exact) mass is 186 g/mol. The van der Waals surface area contributed by atoms with Crippen LogP contribution < -0.4 is 0 Å². The summed E-state index contributed by atoms with van der Waals surface area (Å²) in [6.45, 7) is 1.80. The van der Waals surface area contributed by atoms with Crippen LogP contribution in [0.2, 0.25) is 0 Å². The van der Waals surface area contributed by atoms with E-state index in [1.54, 1.807) is 13.0 Å². The van der Waals surface area contributed by atoms with Crippen molar-refractivity contribution in [3.05, 3.63) is 29.5 Å². The second-order valence-electron chi connectivity index (χ2n) is 3.08. The highest BCUT2D eigenvalue weighted by Crippen LogP contribution is 2.23. The molecule has 3 nitrogen and oxygen atoms in total. The zero-order valence-electron chi connectivity index (χ0n) is 7.95. The molecule has 0 saturated heterocycles. The average Bonchev–Trinajstić information content (AvgIpc) is 2.63. The Morgan fingerprint density at radius 2 is 2.57 bits per heavy atom. The minimum absolute atomic E-state index is 0.437. The molecule has 1 aromatic heterocycles. The normalized spacial score (nSPS) is 15.0. The molecule has 1 aliphatic rings. The molecule has 0 atom stereocenters. The van der Waals surface area contributed by atoms with Crippen molar-refractivity contribution in [2.24, 2.45) is 0 Å². The van der Waals surface area contributed by atoms with Crippen LogP contribution >= 0.6 is 0 Å². The van der Waals surface area contributed by atoms with Gasteiger partial charge in [0.05, 0.1) is 0 Å². The van der Waals surface area contributed by atoms with E-state index < -0.39 is 0 Å². The lowest BCUT2D eigenvalue weighted by molar-refractivity contribution is 0.491. The van der Waals surface area contributed by atoms with Gasteiger partial charge in [-0.05, 0) is 19.4 Å². The third-order valence-corrected chi connectivity index (χ3v) is 2.18. The maximum absolute atomic E-state index is 8.80. The van der Waals surface area contributed by atoms with Gasteiger partial charge in [-0.15, -0.1) is 0 Å². The molecule has 0 N–H and O–H groups in total. The molecule has 70 valence electrons. The predicted octanol–water partition coefficient (Wildman–Crippen LogP) is 2.56. The van der Waals surface area contributed by atoms with Gasteiger partial charge in [0.1, 0.15) is 23.1 Å². The molecule has 0 radical (unpaired) electrons. The first-order chi connectivity index (χ1) is 6.85. The van der Waals surface area contributed by atoms with Gasteiger partial charge in [-0.1, -0.05) is 12.2 Å². The minimum atomic E-state index is 0.437. The molecule has 0 spiro atoms. The van der Waals surface area contributed by atoms with Crippen LogP contribution in [-0.2, 0) is 6.42 Å². The third-order valence-electron chi connectivity index (χ3n) is 2.18. The molecule has 1 heterocycles. The summed E-state index contributed by atoms with van der Waals surface area (Å²) in [5.41, 5.74) is 1.36. The van der Waals surface area contributed by atoms with Crippen molar-refractivity contribution in [2.45, 2.75) is 19.8 Å². The van der Waals surface area contributed by atoms with Gasteiger partial charge in [-0.2, -0.15) is 5.26 Å². The van der Waals surface area contributed by atoms with Crippen LogP contribution in [0.3, 0.4) is 0 Å². The zero-order valence-corrected chi connectivity index (χ0v) is 7.95. The number of aryl methyl sites for hydroxylation is 1. The maximum atomic E-state index is 8.80. The van der Waals surface area contributed by atoms with Gasteiger partial charge >= 0.3 is 0 Å². The Kier molecular flexibility index (Phi) is 2.19. The van der Waals surface area contributed by atoms with Crippen molar-refractivity contribution in [2.75, 3.05) is 0 Å². The summed E-state index contributed by atoms with van der Waals surface area (Å²) in [4.78, 5) is 4.25. The molecule has 1 aliphatic carbocycles. The molecular formula is C11H10N2O. The number of hydrogen-bond acceptors (Lipinski definition) is 3. The summed E-state index contributed by atoms with van der Waals surface area (Å²) in [7, 11) is 0. The van der Waals surface area contributed by atoms with Gasteiger partial charge in [0.2, 0.25) is 5.89 Å². The van der Waals surface area contributed by atoms with Gasteiger partial charge in [0.25, 0.3) is 0 Å². The number of nitriles is 1. The lowest BCUT2D eigenvalue weighted by Crippen LogP contribution is -1.89. The van der Waals surface area contributed by atoms with E-state index in [-0.39, 0.29) is 0 Å². The second-order valence-corrected chi connectivity index (χ2v) is 3.08. The number of aromatic nitrogens is 1. The topological polar surface area (TPSA) is 49.8 Å². The number of rotatable bonds is 1. The Morgan fingerprint density at radius 1 is 1.71 bits per heavy atom. The second kappa shape index (κ2) is 3.51. The fraction of sp³-hybridized carbons (Fsp3) is 0.273. The quantitative estimate of drug-likeness (QED) is 0.633. The highest BCUT2D eigenvalue weighted by atomic mass is 16.4. The third kappa shape index (κ3) is 1.35. The Labute approximate surface area is 82.4 Å². The van der Waals surface area contributed by atoms with Gasteiger partial charge in [0.15, 0.2) is 0 Å². The van der Waals surface area contributed by atoms with Gasteiger partial charge in [-0.3, -0.25) is 0 Å². The summed E-state index contributed by atoms with van der Waals surface area (Å²) in [6.07, 6.45) is 7.58. The molecule has 0 fully saturated rings. The molecule has 3 heteroatoms. The van der Waals surface area contributed by atoms with Gasteiger partial charge in [-0.25, -0.2) is 4.98 Å². The number of oxazole rings is 1. The molecular weight excluding hydrogens is 176 g/mol. The summed E-state index contributed by atoms with van der Waals surface area (Å²) in [6, 6.07) is 2.06. The summed E-state index contributed by atoms with van der Waals surface area (Å²) in [5.74, 6) is 1.32. The molecule has 0 amide bonds. The van der Waals surface area contributed by atoms with Gasteiger partial charge < -0.3 is 4.42 Å². The van der Waals surface area contributed by atoms with Crippen LogP contribution in [0.25, 0.3) is 11.6 Å². The number of nitrogens with zero attached hydrogens (tertiary/aromatic N) is 2. The SMILES string of the molecule is C/C=C(\C#N)c1nc2c(o1)CCC=C2. The van der Waals surface area contributed by atoms with E-state index in [0.29, 0.717) is 11.5 Å². The Bertz CT molecular complexity index is 446. The van der Waals surface area contributed by atoms with Gasteiger partial charge in [0, 0.05) is 6.42 Å². The predicted molar refractivity (Wildman–Crippen MR) is 53.1 cm³/mol. The Morgan fingerprint density at radius 3 is 3.21 bits per heavy atom. The van der Waals surface area contributed by atoms with Crippen molar-refractivity contribution < 1.29 is 4.42 Å². The van der Waals surface area contributed by atoms with Crippen molar-refractivity contribution in [1.29, 1.82) is 5.26 Å². The number of allylic oxidation sites excluding steroid dienone is 3. The van der Waals surface area contributed by atoms with Crippen LogP contribution in [0.1, 0.15) is 30.7 Å². The smallest absolute Gasteiger partial charge is 0.237 e. The molecule has 1 aromatic rings. The van der Waals surface area contributed by atoms with E-state index in [1.165, 1.54) is 0 Å². The van der Waals surface area contributed by atoms with Crippen LogP contribution in [-0.4, -0.2) is 4.98 Å². The molecule has 0 bridgehead atoms. The number of hydrogen-bond donors (Lipinski definition) is 0. The molecule has 2 rings (SSSR count). The first-order valence-electron chi connectivity index (χ1n) is 4.58. The molecule has 0 unspecified atom stereocenters. The molecule has 14 heavy (non-hydrogen) atoms. The summed E-state index contributed by atoms with van der Waals surface area (Å²) >= 11 is 0. The summed E-state index contributed by atoms with van der Waals surface area (Å²) in [5, 5.41) is 8.80. The van der Waals surface area contributed by atoms with E-state index in [1.807, 2.05) is 6.08 Å². The largest absolute Gasteiger partial charge is 0.440 e. The fourth-order valence-electron chi connectivity index (χ4n) is 1.43. The Hall–Kier alpha value is -1.82. The highest BCUT2D eigenvalue weighted by molar-refractivity contribution is 5.72. The highest BCUT2D eigenvalue weighted by Gasteiger charge is 2.15. The maximum Gasteiger partial charge on any atom is 0.237 e. The zero-order chi connectivity index (χ0) is 9.97.